The van der Waals surface area contributed by atoms with E-state index in [1.54, 1.807) is 41.5 Å². The summed E-state index contributed by atoms with van der Waals surface area (Å²) in [6.07, 6.45) is 0.847. The number of rotatable bonds is 5. The van der Waals surface area contributed by atoms with Crippen LogP contribution in [0.4, 0.5) is 5.69 Å². The number of hydrogen-bond donors (Lipinski definition) is 1. The molecule has 112 valence electrons. The van der Waals surface area contributed by atoms with Gasteiger partial charge in [0, 0.05) is 41.7 Å². The molecular weight excluding hydrogens is 284 g/mol. The monoisotopic (exact) mass is 304 g/mol. The van der Waals surface area contributed by atoms with Crippen LogP contribution in [-0.2, 0) is 6.42 Å². The molecular formula is C16H20N2O2S. The zero-order valence-corrected chi connectivity index (χ0v) is 13.3. The molecule has 0 bridgehead atoms. The fraction of sp³-hybridized carbons (Fsp3) is 0.312. The van der Waals surface area contributed by atoms with Crippen molar-refractivity contribution in [3.63, 3.8) is 0 Å². The minimum atomic E-state index is -0.0512. The lowest BCUT2D eigenvalue weighted by molar-refractivity contribution is 0.0743. The summed E-state index contributed by atoms with van der Waals surface area (Å²) < 4.78 is 5.16. The van der Waals surface area contributed by atoms with Gasteiger partial charge >= 0.3 is 0 Å². The van der Waals surface area contributed by atoms with E-state index < -0.39 is 0 Å². The molecule has 5 heteroatoms. The Labute approximate surface area is 129 Å². The molecule has 1 amide bonds. The van der Waals surface area contributed by atoms with E-state index in [1.165, 1.54) is 4.88 Å². The Bertz CT molecular complexity index is 611. The van der Waals surface area contributed by atoms with E-state index >= 15 is 0 Å². The first-order valence-corrected chi connectivity index (χ1v) is 7.63. The van der Waals surface area contributed by atoms with Gasteiger partial charge in [-0.1, -0.05) is 6.07 Å². The van der Waals surface area contributed by atoms with Crippen molar-refractivity contribution in [1.82, 2.24) is 4.90 Å². The highest BCUT2D eigenvalue weighted by molar-refractivity contribution is 7.09. The highest BCUT2D eigenvalue weighted by Gasteiger charge is 2.19. The highest BCUT2D eigenvalue weighted by atomic mass is 32.1. The SMILES string of the molecule is COc1cc(N)cc(C(=O)N(C)C(C)Cc2cccs2)c1. The predicted molar refractivity (Wildman–Crippen MR) is 87.0 cm³/mol. The summed E-state index contributed by atoms with van der Waals surface area (Å²) in [7, 11) is 3.38. The van der Waals surface area contributed by atoms with Crippen molar-refractivity contribution in [2.75, 3.05) is 19.9 Å². The van der Waals surface area contributed by atoms with E-state index in [1.807, 2.05) is 25.4 Å². The van der Waals surface area contributed by atoms with Gasteiger partial charge in [-0.2, -0.15) is 0 Å². The highest BCUT2D eigenvalue weighted by Crippen LogP contribution is 2.21. The largest absolute Gasteiger partial charge is 0.497 e. The van der Waals surface area contributed by atoms with Gasteiger partial charge in [-0.15, -0.1) is 11.3 Å². The molecule has 2 aromatic rings. The van der Waals surface area contributed by atoms with E-state index in [4.69, 9.17) is 10.5 Å². The minimum absolute atomic E-state index is 0.0512. The van der Waals surface area contributed by atoms with Gasteiger partial charge in [-0.25, -0.2) is 0 Å². The maximum atomic E-state index is 12.6. The lowest BCUT2D eigenvalue weighted by Gasteiger charge is -2.25. The smallest absolute Gasteiger partial charge is 0.254 e. The average Bonchev–Trinajstić information content (AvgIpc) is 2.97. The fourth-order valence-corrected chi connectivity index (χ4v) is 2.95. The number of carbonyl (C=O) groups is 1. The Balaban J connectivity index is 2.13. The Morgan fingerprint density at radius 3 is 2.81 bits per heavy atom. The van der Waals surface area contributed by atoms with E-state index in [0.717, 1.165) is 6.42 Å². The summed E-state index contributed by atoms with van der Waals surface area (Å²) in [6.45, 7) is 2.04. The Morgan fingerprint density at radius 2 is 2.19 bits per heavy atom. The fourth-order valence-electron chi connectivity index (χ4n) is 2.12. The van der Waals surface area contributed by atoms with Gasteiger partial charge in [0.15, 0.2) is 0 Å². The molecule has 1 atom stereocenters. The van der Waals surface area contributed by atoms with Gasteiger partial charge in [0.25, 0.3) is 5.91 Å². The van der Waals surface area contributed by atoms with Gasteiger partial charge in [0.05, 0.1) is 7.11 Å². The lowest BCUT2D eigenvalue weighted by atomic mass is 10.1. The molecule has 0 spiro atoms. The van der Waals surface area contributed by atoms with Crippen molar-refractivity contribution in [3.8, 4) is 5.75 Å². The summed E-state index contributed by atoms with van der Waals surface area (Å²) in [5.74, 6) is 0.544. The third-order valence-corrected chi connectivity index (χ3v) is 4.37. The number of benzene rings is 1. The number of nitrogen functional groups attached to an aromatic ring is 1. The second kappa shape index (κ2) is 6.63. The van der Waals surface area contributed by atoms with Gasteiger partial charge < -0.3 is 15.4 Å². The summed E-state index contributed by atoms with van der Waals surface area (Å²) >= 11 is 1.71. The number of thiophene rings is 1. The predicted octanol–water partition coefficient (Wildman–Crippen LogP) is 3.04. The van der Waals surface area contributed by atoms with Crippen molar-refractivity contribution in [3.05, 3.63) is 46.2 Å². The van der Waals surface area contributed by atoms with Crippen LogP contribution in [0.25, 0.3) is 0 Å². The van der Waals surface area contributed by atoms with Crippen LogP contribution < -0.4 is 10.5 Å². The van der Waals surface area contributed by atoms with Crippen molar-refractivity contribution in [1.29, 1.82) is 0 Å². The van der Waals surface area contributed by atoms with E-state index in [9.17, 15) is 4.79 Å². The van der Waals surface area contributed by atoms with Crippen LogP contribution in [0.2, 0.25) is 0 Å². The first-order valence-electron chi connectivity index (χ1n) is 6.75. The lowest BCUT2D eigenvalue weighted by Crippen LogP contribution is -2.36. The molecule has 0 aliphatic carbocycles. The first-order chi connectivity index (χ1) is 10.0. The maximum Gasteiger partial charge on any atom is 0.254 e. The number of amides is 1. The molecule has 1 aromatic carbocycles. The quantitative estimate of drug-likeness (QED) is 0.864. The first kappa shape index (κ1) is 15.4. The average molecular weight is 304 g/mol. The molecule has 0 fully saturated rings. The molecule has 2 rings (SSSR count). The van der Waals surface area contributed by atoms with E-state index in [0.29, 0.717) is 17.0 Å². The number of nitrogens with two attached hydrogens (primary N) is 1. The normalized spacial score (nSPS) is 12.0. The maximum absolute atomic E-state index is 12.6. The molecule has 0 aliphatic rings. The number of hydrogen-bond acceptors (Lipinski definition) is 4. The Hall–Kier alpha value is -2.01. The summed E-state index contributed by atoms with van der Waals surface area (Å²) in [6, 6.07) is 9.32. The van der Waals surface area contributed by atoms with Crippen molar-refractivity contribution < 1.29 is 9.53 Å². The third kappa shape index (κ3) is 3.76. The van der Waals surface area contributed by atoms with Gasteiger partial charge in [0.1, 0.15) is 5.75 Å². The van der Waals surface area contributed by atoms with Crippen LogP contribution in [0.5, 0.6) is 5.75 Å². The van der Waals surface area contributed by atoms with Crippen LogP contribution in [-0.4, -0.2) is 31.0 Å². The molecule has 1 aromatic heterocycles. The number of methoxy groups -OCH3 is 1. The van der Waals surface area contributed by atoms with Crippen LogP contribution >= 0.6 is 11.3 Å². The molecule has 0 aliphatic heterocycles. The molecule has 1 unspecified atom stereocenters. The van der Waals surface area contributed by atoms with E-state index in [-0.39, 0.29) is 11.9 Å². The van der Waals surface area contributed by atoms with Crippen LogP contribution in [0.3, 0.4) is 0 Å². The second-order valence-electron chi connectivity index (χ2n) is 5.04. The Kier molecular flexibility index (Phi) is 4.85. The van der Waals surface area contributed by atoms with Crippen LogP contribution in [0.1, 0.15) is 22.2 Å². The zero-order chi connectivity index (χ0) is 15.4. The second-order valence-corrected chi connectivity index (χ2v) is 6.08. The molecule has 1 heterocycles. The number of likely N-dealkylation sites (N-methyl/N-ethyl adjacent to an activating group) is 1. The van der Waals surface area contributed by atoms with Gasteiger partial charge in [-0.3, -0.25) is 4.79 Å². The van der Waals surface area contributed by atoms with Crippen molar-refractivity contribution >= 4 is 22.9 Å². The minimum Gasteiger partial charge on any atom is -0.497 e. The van der Waals surface area contributed by atoms with Crippen molar-refractivity contribution in [2.24, 2.45) is 0 Å². The topological polar surface area (TPSA) is 55.6 Å². The van der Waals surface area contributed by atoms with Gasteiger partial charge in [-0.05, 0) is 30.5 Å². The molecule has 0 saturated heterocycles. The number of nitrogens with zero attached hydrogens (tertiary/aromatic N) is 1. The molecule has 21 heavy (non-hydrogen) atoms. The summed E-state index contributed by atoms with van der Waals surface area (Å²) in [5.41, 5.74) is 6.88. The summed E-state index contributed by atoms with van der Waals surface area (Å²) in [5, 5.41) is 2.05. The summed E-state index contributed by atoms with van der Waals surface area (Å²) in [4.78, 5) is 15.6. The van der Waals surface area contributed by atoms with Crippen molar-refractivity contribution in [2.45, 2.75) is 19.4 Å². The standard InChI is InChI=1S/C16H20N2O2S/c1-11(7-15-5-4-6-21-15)18(2)16(19)12-8-13(17)10-14(9-12)20-3/h4-6,8-11H,7,17H2,1-3H3. The van der Waals surface area contributed by atoms with Crippen LogP contribution in [0.15, 0.2) is 35.7 Å². The molecule has 4 nitrogen and oxygen atoms in total. The van der Waals surface area contributed by atoms with E-state index in [2.05, 4.69) is 6.07 Å². The molecule has 2 N–H and O–H groups in total. The third-order valence-electron chi connectivity index (χ3n) is 3.47. The molecule has 0 radical (unpaired) electrons. The number of ether oxygens (including phenoxy) is 1. The number of anilines is 1. The van der Waals surface area contributed by atoms with Crippen LogP contribution in [0, 0.1) is 0 Å². The number of carbonyl (C=O) groups excluding carboxylic acids is 1. The zero-order valence-electron chi connectivity index (χ0n) is 12.5. The van der Waals surface area contributed by atoms with Gasteiger partial charge in [0.2, 0.25) is 0 Å². The molecule has 0 saturated carbocycles. The Morgan fingerprint density at radius 1 is 1.43 bits per heavy atom.